The van der Waals surface area contributed by atoms with Gasteiger partial charge in [0.15, 0.2) is 0 Å². The molecule has 0 aliphatic heterocycles. The van der Waals surface area contributed by atoms with E-state index in [4.69, 9.17) is 10.5 Å². The SMILES string of the molecule is CCOC1CC(CC(N)Cc2cccc(F)c2Br)C1. The Hall–Kier alpha value is -0.450. The number of hydrogen-bond acceptors (Lipinski definition) is 2. The van der Waals surface area contributed by atoms with E-state index in [1.165, 1.54) is 6.07 Å². The summed E-state index contributed by atoms with van der Waals surface area (Å²) in [4.78, 5) is 0. The van der Waals surface area contributed by atoms with Crippen molar-refractivity contribution in [3.63, 3.8) is 0 Å². The quantitative estimate of drug-likeness (QED) is 0.864. The van der Waals surface area contributed by atoms with Crippen LogP contribution < -0.4 is 5.73 Å². The molecule has 19 heavy (non-hydrogen) atoms. The molecule has 0 heterocycles. The molecule has 1 saturated carbocycles. The van der Waals surface area contributed by atoms with Crippen LogP contribution in [0.1, 0.15) is 31.7 Å². The van der Waals surface area contributed by atoms with E-state index in [0.717, 1.165) is 31.4 Å². The van der Waals surface area contributed by atoms with Gasteiger partial charge in [-0.05, 0) is 66.1 Å². The van der Waals surface area contributed by atoms with Gasteiger partial charge in [-0.25, -0.2) is 4.39 Å². The third-order valence-corrected chi connectivity index (χ3v) is 4.63. The number of benzene rings is 1. The van der Waals surface area contributed by atoms with E-state index in [2.05, 4.69) is 15.9 Å². The van der Waals surface area contributed by atoms with Crippen LogP contribution in [-0.2, 0) is 11.2 Å². The molecule has 1 aromatic carbocycles. The topological polar surface area (TPSA) is 35.2 Å². The first-order valence-corrected chi connectivity index (χ1v) is 7.69. The largest absolute Gasteiger partial charge is 0.378 e. The van der Waals surface area contributed by atoms with Gasteiger partial charge >= 0.3 is 0 Å². The molecule has 0 radical (unpaired) electrons. The smallest absolute Gasteiger partial charge is 0.137 e. The van der Waals surface area contributed by atoms with Crippen molar-refractivity contribution in [2.45, 2.75) is 44.8 Å². The molecule has 1 unspecified atom stereocenters. The molecule has 2 N–H and O–H groups in total. The van der Waals surface area contributed by atoms with Crippen LogP contribution in [0.2, 0.25) is 0 Å². The molecule has 0 spiro atoms. The monoisotopic (exact) mass is 329 g/mol. The average molecular weight is 330 g/mol. The Morgan fingerprint density at radius 3 is 2.89 bits per heavy atom. The zero-order valence-electron chi connectivity index (χ0n) is 11.2. The molecule has 106 valence electrons. The zero-order chi connectivity index (χ0) is 13.8. The summed E-state index contributed by atoms with van der Waals surface area (Å²) in [5, 5.41) is 0. The highest BCUT2D eigenvalue weighted by molar-refractivity contribution is 9.10. The standard InChI is InChI=1S/C15H21BrFNO/c1-2-19-13-7-10(8-13)6-12(18)9-11-4-3-5-14(17)15(11)16/h3-5,10,12-13H,2,6-9,18H2,1H3. The van der Waals surface area contributed by atoms with Crippen LogP contribution in [0.3, 0.4) is 0 Å². The van der Waals surface area contributed by atoms with Gasteiger partial charge in [-0.15, -0.1) is 0 Å². The van der Waals surface area contributed by atoms with E-state index in [1.807, 2.05) is 13.0 Å². The summed E-state index contributed by atoms with van der Waals surface area (Å²) in [5.41, 5.74) is 7.12. The van der Waals surface area contributed by atoms with Crippen LogP contribution in [0, 0.1) is 11.7 Å². The van der Waals surface area contributed by atoms with Crippen molar-refractivity contribution in [2.75, 3.05) is 6.61 Å². The summed E-state index contributed by atoms with van der Waals surface area (Å²) >= 11 is 3.29. The molecule has 0 amide bonds. The second-order valence-corrected chi connectivity index (χ2v) is 6.12. The molecule has 0 saturated heterocycles. The molecule has 4 heteroatoms. The Kier molecular flexibility index (Phi) is 5.37. The summed E-state index contributed by atoms with van der Waals surface area (Å²) in [7, 11) is 0. The highest BCUT2D eigenvalue weighted by Crippen LogP contribution is 2.34. The molecule has 0 aromatic heterocycles. The van der Waals surface area contributed by atoms with Gasteiger partial charge in [-0.2, -0.15) is 0 Å². The fraction of sp³-hybridized carbons (Fsp3) is 0.600. The van der Waals surface area contributed by atoms with Crippen molar-refractivity contribution in [3.8, 4) is 0 Å². The summed E-state index contributed by atoms with van der Waals surface area (Å²) < 4.78 is 19.5. The summed E-state index contributed by atoms with van der Waals surface area (Å²) in [5.74, 6) is 0.448. The lowest BCUT2D eigenvalue weighted by atomic mass is 9.77. The minimum Gasteiger partial charge on any atom is -0.378 e. The Bertz CT molecular complexity index is 421. The fourth-order valence-electron chi connectivity index (χ4n) is 2.74. The van der Waals surface area contributed by atoms with Crippen LogP contribution >= 0.6 is 15.9 Å². The Balaban J connectivity index is 1.79. The molecule has 2 rings (SSSR count). The van der Waals surface area contributed by atoms with Crippen LogP contribution in [-0.4, -0.2) is 18.8 Å². The van der Waals surface area contributed by atoms with Crippen molar-refractivity contribution in [1.82, 2.24) is 0 Å². The predicted octanol–water partition coefficient (Wildman–Crippen LogP) is 3.66. The molecule has 1 fully saturated rings. The van der Waals surface area contributed by atoms with Crippen LogP contribution in [0.5, 0.6) is 0 Å². The van der Waals surface area contributed by atoms with E-state index in [1.54, 1.807) is 6.07 Å². The Morgan fingerprint density at radius 2 is 2.21 bits per heavy atom. The average Bonchev–Trinajstić information content (AvgIpc) is 2.32. The van der Waals surface area contributed by atoms with E-state index in [-0.39, 0.29) is 11.9 Å². The van der Waals surface area contributed by atoms with Crippen LogP contribution in [0.4, 0.5) is 4.39 Å². The molecule has 0 bridgehead atoms. The predicted molar refractivity (Wildman–Crippen MR) is 78.5 cm³/mol. The lowest BCUT2D eigenvalue weighted by Gasteiger charge is -2.36. The van der Waals surface area contributed by atoms with E-state index in [0.29, 0.717) is 22.9 Å². The highest BCUT2D eigenvalue weighted by Gasteiger charge is 2.30. The molecular weight excluding hydrogens is 309 g/mol. The third-order valence-electron chi connectivity index (χ3n) is 3.74. The number of nitrogens with two attached hydrogens (primary N) is 1. The van der Waals surface area contributed by atoms with E-state index < -0.39 is 0 Å². The third kappa shape index (κ3) is 4.01. The highest BCUT2D eigenvalue weighted by atomic mass is 79.9. The Morgan fingerprint density at radius 1 is 1.47 bits per heavy atom. The second-order valence-electron chi connectivity index (χ2n) is 5.33. The van der Waals surface area contributed by atoms with Gasteiger partial charge in [0.1, 0.15) is 5.82 Å². The molecule has 1 aliphatic rings. The van der Waals surface area contributed by atoms with Crippen molar-refractivity contribution in [3.05, 3.63) is 34.1 Å². The van der Waals surface area contributed by atoms with Gasteiger partial charge in [0.2, 0.25) is 0 Å². The van der Waals surface area contributed by atoms with Crippen molar-refractivity contribution < 1.29 is 9.13 Å². The van der Waals surface area contributed by atoms with Gasteiger partial charge in [0.25, 0.3) is 0 Å². The number of hydrogen-bond donors (Lipinski definition) is 1. The maximum atomic E-state index is 13.4. The summed E-state index contributed by atoms with van der Waals surface area (Å²) in [6, 6.07) is 5.20. The van der Waals surface area contributed by atoms with Gasteiger partial charge in [-0.3, -0.25) is 0 Å². The lowest BCUT2D eigenvalue weighted by molar-refractivity contribution is -0.0280. The molecule has 2 nitrogen and oxygen atoms in total. The summed E-state index contributed by atoms with van der Waals surface area (Å²) in [6.07, 6.45) is 4.38. The first-order chi connectivity index (χ1) is 9.10. The molecule has 1 aromatic rings. The minimum absolute atomic E-state index is 0.0886. The van der Waals surface area contributed by atoms with E-state index in [9.17, 15) is 4.39 Å². The van der Waals surface area contributed by atoms with Gasteiger partial charge in [-0.1, -0.05) is 12.1 Å². The maximum Gasteiger partial charge on any atom is 0.137 e. The molecule has 1 aliphatic carbocycles. The van der Waals surface area contributed by atoms with Crippen molar-refractivity contribution >= 4 is 15.9 Å². The lowest BCUT2D eigenvalue weighted by Crippen LogP contribution is -2.36. The summed E-state index contributed by atoms with van der Waals surface area (Å²) in [6.45, 7) is 2.82. The van der Waals surface area contributed by atoms with Crippen LogP contribution in [0.15, 0.2) is 22.7 Å². The van der Waals surface area contributed by atoms with E-state index >= 15 is 0 Å². The Labute approximate surface area is 122 Å². The minimum atomic E-state index is -0.218. The van der Waals surface area contributed by atoms with Gasteiger partial charge in [0.05, 0.1) is 10.6 Å². The normalized spacial score (nSPS) is 24.0. The number of ether oxygens (including phenoxy) is 1. The first-order valence-electron chi connectivity index (χ1n) is 6.90. The number of halogens is 2. The van der Waals surface area contributed by atoms with Crippen LogP contribution in [0.25, 0.3) is 0 Å². The fourth-order valence-corrected chi connectivity index (χ4v) is 3.17. The maximum absolute atomic E-state index is 13.4. The first kappa shape index (κ1) is 14.9. The molecular formula is C15H21BrFNO. The molecule has 1 atom stereocenters. The zero-order valence-corrected chi connectivity index (χ0v) is 12.8. The van der Waals surface area contributed by atoms with Gasteiger partial charge in [0, 0.05) is 12.6 Å². The van der Waals surface area contributed by atoms with Gasteiger partial charge < -0.3 is 10.5 Å². The van der Waals surface area contributed by atoms with Crippen molar-refractivity contribution in [1.29, 1.82) is 0 Å². The number of rotatable bonds is 6. The van der Waals surface area contributed by atoms with Crippen molar-refractivity contribution in [2.24, 2.45) is 11.7 Å². The second kappa shape index (κ2) is 6.82.